The van der Waals surface area contributed by atoms with Crippen molar-refractivity contribution in [3.8, 4) is 0 Å². The van der Waals surface area contributed by atoms with Crippen LogP contribution >= 0.6 is 23.1 Å². The lowest BCUT2D eigenvalue weighted by molar-refractivity contribution is 0.102. The molecule has 1 aromatic carbocycles. The Morgan fingerprint density at radius 3 is 2.85 bits per heavy atom. The number of aromatic nitrogens is 3. The summed E-state index contributed by atoms with van der Waals surface area (Å²) in [5.41, 5.74) is 5.18. The zero-order valence-corrected chi connectivity index (χ0v) is 15.3. The van der Waals surface area contributed by atoms with Crippen molar-refractivity contribution in [1.82, 2.24) is 15.0 Å². The first-order chi connectivity index (χ1) is 12.8. The fourth-order valence-corrected chi connectivity index (χ4v) is 4.10. The summed E-state index contributed by atoms with van der Waals surface area (Å²) in [6.07, 6.45) is 5.23. The fraction of sp³-hybridized carbons (Fsp3) is 0.0526. The first-order valence-corrected chi connectivity index (χ1v) is 9.77. The maximum atomic E-state index is 12.7. The molecule has 3 heterocycles. The molecule has 7 heteroatoms. The van der Waals surface area contributed by atoms with Crippen molar-refractivity contribution in [2.24, 2.45) is 0 Å². The third kappa shape index (κ3) is 3.74. The summed E-state index contributed by atoms with van der Waals surface area (Å²) in [6.45, 7) is 0. The number of pyridine rings is 2. The highest BCUT2D eigenvalue weighted by molar-refractivity contribution is 7.98. The third-order valence-electron chi connectivity index (χ3n) is 3.73. The van der Waals surface area contributed by atoms with Gasteiger partial charge in [0.2, 0.25) is 0 Å². The first-order valence-electron chi connectivity index (χ1n) is 7.91. The summed E-state index contributed by atoms with van der Waals surface area (Å²) >= 11 is 3.08. The van der Waals surface area contributed by atoms with Crippen LogP contribution in [0.1, 0.15) is 15.9 Å². The second kappa shape index (κ2) is 7.63. The highest BCUT2D eigenvalue weighted by Crippen LogP contribution is 2.26. The second-order valence-electron chi connectivity index (χ2n) is 5.49. The predicted molar refractivity (Wildman–Crippen MR) is 106 cm³/mol. The molecule has 0 aliphatic rings. The molecule has 0 saturated heterocycles. The molecule has 1 amide bonds. The Bertz CT molecular complexity index is 1050. The van der Waals surface area contributed by atoms with Crippen molar-refractivity contribution >= 4 is 44.9 Å². The topological polar surface area (TPSA) is 67.8 Å². The zero-order chi connectivity index (χ0) is 17.8. The Morgan fingerprint density at radius 1 is 1.08 bits per heavy atom. The van der Waals surface area contributed by atoms with E-state index in [4.69, 9.17) is 0 Å². The van der Waals surface area contributed by atoms with Gasteiger partial charge in [-0.25, -0.2) is 9.97 Å². The van der Waals surface area contributed by atoms with Crippen molar-refractivity contribution in [2.45, 2.75) is 10.8 Å². The van der Waals surface area contributed by atoms with Gasteiger partial charge in [0, 0.05) is 30.0 Å². The van der Waals surface area contributed by atoms with Gasteiger partial charge in [0.25, 0.3) is 5.91 Å². The standard InChI is InChI=1S/C19H14N4OS2/c24-18(23-14-3-4-16-17(10-14)26-12-22-16)15-2-1-7-21-19(15)25-11-13-5-8-20-9-6-13/h1-10,12H,11H2,(H,23,24). The van der Waals surface area contributed by atoms with Crippen LogP contribution in [0.15, 0.2) is 71.6 Å². The number of anilines is 1. The summed E-state index contributed by atoms with van der Waals surface area (Å²) in [7, 11) is 0. The molecule has 0 aliphatic heterocycles. The van der Waals surface area contributed by atoms with Gasteiger partial charge in [0.1, 0.15) is 5.03 Å². The van der Waals surface area contributed by atoms with Crippen LogP contribution in [0, 0.1) is 0 Å². The molecule has 0 bridgehead atoms. The average molecular weight is 378 g/mol. The average Bonchev–Trinajstić information content (AvgIpc) is 3.15. The SMILES string of the molecule is O=C(Nc1ccc2ncsc2c1)c1cccnc1SCc1ccncc1. The van der Waals surface area contributed by atoms with Crippen LogP contribution in [0.5, 0.6) is 0 Å². The van der Waals surface area contributed by atoms with E-state index in [0.717, 1.165) is 27.2 Å². The van der Waals surface area contributed by atoms with Crippen molar-refractivity contribution in [1.29, 1.82) is 0 Å². The van der Waals surface area contributed by atoms with Gasteiger partial charge in [0.05, 0.1) is 21.3 Å². The largest absolute Gasteiger partial charge is 0.322 e. The van der Waals surface area contributed by atoms with Gasteiger partial charge in [-0.2, -0.15) is 0 Å². The molecule has 0 fully saturated rings. The van der Waals surface area contributed by atoms with Gasteiger partial charge in [-0.15, -0.1) is 23.1 Å². The number of thioether (sulfide) groups is 1. The Hall–Kier alpha value is -2.77. The van der Waals surface area contributed by atoms with Crippen LogP contribution in [0.4, 0.5) is 5.69 Å². The Kier molecular flexibility index (Phi) is 4.90. The maximum Gasteiger partial charge on any atom is 0.258 e. The molecule has 0 unspecified atom stereocenters. The Balaban J connectivity index is 1.52. The van der Waals surface area contributed by atoms with E-state index in [0.29, 0.717) is 10.6 Å². The second-order valence-corrected chi connectivity index (χ2v) is 7.34. The van der Waals surface area contributed by atoms with Gasteiger partial charge >= 0.3 is 0 Å². The number of benzene rings is 1. The molecule has 0 saturated carbocycles. The van der Waals surface area contributed by atoms with Gasteiger partial charge in [-0.1, -0.05) is 0 Å². The van der Waals surface area contributed by atoms with E-state index in [1.807, 2.05) is 30.3 Å². The number of nitrogens with zero attached hydrogens (tertiary/aromatic N) is 3. The maximum absolute atomic E-state index is 12.7. The monoisotopic (exact) mass is 378 g/mol. The van der Waals surface area contributed by atoms with E-state index in [1.54, 1.807) is 47.6 Å². The number of hydrogen-bond acceptors (Lipinski definition) is 6. The van der Waals surface area contributed by atoms with Gasteiger partial charge in [0.15, 0.2) is 0 Å². The molecule has 0 spiro atoms. The minimum atomic E-state index is -0.167. The summed E-state index contributed by atoms with van der Waals surface area (Å²) in [4.78, 5) is 25.4. The number of thiazole rings is 1. The number of carbonyl (C=O) groups is 1. The Labute approximate surface area is 158 Å². The number of hydrogen-bond donors (Lipinski definition) is 1. The molecule has 26 heavy (non-hydrogen) atoms. The lowest BCUT2D eigenvalue weighted by atomic mass is 10.2. The van der Waals surface area contributed by atoms with E-state index < -0.39 is 0 Å². The lowest BCUT2D eigenvalue weighted by Crippen LogP contribution is -2.13. The lowest BCUT2D eigenvalue weighted by Gasteiger charge is -2.09. The molecule has 0 atom stereocenters. The summed E-state index contributed by atoms with van der Waals surface area (Å²) in [5, 5.41) is 3.66. The van der Waals surface area contributed by atoms with Crippen LogP contribution in [0.3, 0.4) is 0 Å². The molecule has 128 valence electrons. The normalized spacial score (nSPS) is 10.8. The predicted octanol–water partition coefficient (Wildman–Crippen LogP) is 4.63. The van der Waals surface area contributed by atoms with E-state index >= 15 is 0 Å². The first kappa shape index (κ1) is 16.7. The summed E-state index contributed by atoms with van der Waals surface area (Å²) < 4.78 is 1.04. The highest BCUT2D eigenvalue weighted by Gasteiger charge is 2.13. The molecule has 0 radical (unpaired) electrons. The smallest absolute Gasteiger partial charge is 0.258 e. The molecule has 0 aliphatic carbocycles. The number of nitrogens with one attached hydrogen (secondary N) is 1. The molecule has 5 nitrogen and oxygen atoms in total. The molecule has 1 N–H and O–H groups in total. The van der Waals surface area contributed by atoms with Crippen molar-refractivity contribution in [3.05, 3.63) is 77.7 Å². The molecule has 3 aromatic heterocycles. The minimum absolute atomic E-state index is 0.167. The molecular formula is C19H14N4OS2. The number of amides is 1. The van der Waals surface area contributed by atoms with Gasteiger partial charge in [-0.3, -0.25) is 9.78 Å². The van der Waals surface area contributed by atoms with Crippen molar-refractivity contribution in [3.63, 3.8) is 0 Å². The third-order valence-corrected chi connectivity index (χ3v) is 5.60. The van der Waals surface area contributed by atoms with E-state index in [9.17, 15) is 4.79 Å². The quantitative estimate of drug-likeness (QED) is 0.513. The summed E-state index contributed by atoms with van der Waals surface area (Å²) in [5.74, 6) is 0.561. The van der Waals surface area contributed by atoms with E-state index in [2.05, 4.69) is 20.3 Å². The van der Waals surface area contributed by atoms with Crippen LogP contribution in [-0.4, -0.2) is 20.9 Å². The number of carbonyl (C=O) groups excluding carboxylic acids is 1. The Morgan fingerprint density at radius 2 is 1.96 bits per heavy atom. The van der Waals surface area contributed by atoms with Crippen LogP contribution in [0.25, 0.3) is 10.2 Å². The van der Waals surface area contributed by atoms with E-state index in [1.165, 1.54) is 11.8 Å². The van der Waals surface area contributed by atoms with Gasteiger partial charge in [-0.05, 0) is 48.0 Å². The highest BCUT2D eigenvalue weighted by atomic mass is 32.2. The van der Waals surface area contributed by atoms with Crippen molar-refractivity contribution < 1.29 is 4.79 Å². The summed E-state index contributed by atoms with van der Waals surface area (Å²) in [6, 6.07) is 13.2. The number of rotatable bonds is 5. The van der Waals surface area contributed by atoms with Crippen molar-refractivity contribution in [2.75, 3.05) is 5.32 Å². The van der Waals surface area contributed by atoms with Crippen LogP contribution in [0.2, 0.25) is 0 Å². The fourth-order valence-electron chi connectivity index (χ4n) is 2.44. The van der Waals surface area contributed by atoms with Crippen LogP contribution in [-0.2, 0) is 5.75 Å². The number of fused-ring (bicyclic) bond motifs is 1. The molecule has 4 rings (SSSR count). The minimum Gasteiger partial charge on any atom is -0.322 e. The van der Waals surface area contributed by atoms with Gasteiger partial charge < -0.3 is 5.32 Å². The molecular weight excluding hydrogens is 364 g/mol. The molecule has 4 aromatic rings. The zero-order valence-electron chi connectivity index (χ0n) is 13.6. The van der Waals surface area contributed by atoms with E-state index in [-0.39, 0.29) is 5.91 Å². The van der Waals surface area contributed by atoms with Crippen LogP contribution < -0.4 is 5.32 Å².